The predicted octanol–water partition coefficient (Wildman–Crippen LogP) is 0.766. The molecule has 6 heteroatoms. The second-order valence-corrected chi connectivity index (χ2v) is 4.53. The summed E-state index contributed by atoms with van der Waals surface area (Å²) in [5.41, 5.74) is 0. The van der Waals surface area contributed by atoms with E-state index in [1.807, 2.05) is 6.07 Å². The van der Waals surface area contributed by atoms with Gasteiger partial charge >= 0.3 is 5.97 Å². The number of aliphatic carboxylic acids is 1. The van der Waals surface area contributed by atoms with Gasteiger partial charge in [0.2, 0.25) is 0 Å². The molecule has 0 aromatic heterocycles. The molecule has 1 aromatic carbocycles. The largest absolute Gasteiger partial charge is 0.481 e. The minimum Gasteiger partial charge on any atom is -0.481 e. The van der Waals surface area contributed by atoms with Crippen molar-refractivity contribution in [2.24, 2.45) is 0 Å². The van der Waals surface area contributed by atoms with E-state index < -0.39 is 18.1 Å². The van der Waals surface area contributed by atoms with Gasteiger partial charge in [0.25, 0.3) is 5.91 Å². The Balaban J connectivity index is 2.03. The van der Waals surface area contributed by atoms with Crippen LogP contribution < -0.4 is 4.74 Å². The van der Waals surface area contributed by atoms with E-state index >= 15 is 0 Å². The number of carboxylic acid groups (broad SMARTS) is 1. The molecule has 2 atom stereocenters. The molecule has 1 heterocycles. The van der Waals surface area contributed by atoms with E-state index in [0.717, 1.165) is 0 Å². The highest BCUT2D eigenvalue weighted by atomic mass is 16.5. The maximum Gasteiger partial charge on any atom is 0.328 e. The van der Waals surface area contributed by atoms with E-state index in [4.69, 9.17) is 14.6 Å². The predicted molar refractivity (Wildman–Crippen MR) is 70.5 cm³/mol. The number of nitrogens with zero attached hydrogens (tertiary/aromatic N) is 1. The van der Waals surface area contributed by atoms with Crippen LogP contribution in [0.1, 0.15) is 6.92 Å². The van der Waals surface area contributed by atoms with E-state index in [2.05, 4.69) is 0 Å². The van der Waals surface area contributed by atoms with Crippen molar-refractivity contribution in [2.45, 2.75) is 19.1 Å². The van der Waals surface area contributed by atoms with Gasteiger partial charge in [0.1, 0.15) is 5.75 Å². The van der Waals surface area contributed by atoms with Gasteiger partial charge < -0.3 is 19.5 Å². The fraction of sp³-hybridized carbons (Fsp3) is 0.429. The zero-order valence-corrected chi connectivity index (χ0v) is 11.2. The maximum absolute atomic E-state index is 12.3. The van der Waals surface area contributed by atoms with Crippen LogP contribution in [0.5, 0.6) is 5.75 Å². The quantitative estimate of drug-likeness (QED) is 0.881. The van der Waals surface area contributed by atoms with Crippen LogP contribution in [0.25, 0.3) is 0 Å². The van der Waals surface area contributed by atoms with E-state index in [1.165, 1.54) is 4.90 Å². The molecule has 1 aromatic rings. The highest BCUT2D eigenvalue weighted by molar-refractivity contribution is 5.86. The topological polar surface area (TPSA) is 76.1 Å². The molecule has 6 nitrogen and oxygen atoms in total. The average Bonchev–Trinajstić information content (AvgIpc) is 2.47. The van der Waals surface area contributed by atoms with Gasteiger partial charge in [-0.3, -0.25) is 4.79 Å². The number of para-hydroxylation sites is 1. The number of carbonyl (C=O) groups is 2. The van der Waals surface area contributed by atoms with Gasteiger partial charge in [-0.25, -0.2) is 4.79 Å². The molecule has 108 valence electrons. The lowest BCUT2D eigenvalue weighted by Gasteiger charge is -2.34. The third-order valence-electron chi connectivity index (χ3n) is 3.10. The summed E-state index contributed by atoms with van der Waals surface area (Å²) in [5, 5.41) is 9.11. The number of morpholine rings is 1. The van der Waals surface area contributed by atoms with Gasteiger partial charge in [-0.05, 0) is 19.1 Å². The minimum absolute atomic E-state index is 0.0130. The van der Waals surface area contributed by atoms with Gasteiger partial charge in [0.05, 0.1) is 13.2 Å². The van der Waals surface area contributed by atoms with Crippen LogP contribution in [-0.4, -0.2) is 53.8 Å². The summed E-state index contributed by atoms with van der Waals surface area (Å²) >= 11 is 0. The van der Waals surface area contributed by atoms with E-state index in [1.54, 1.807) is 31.2 Å². The molecular formula is C14H17NO5. The summed E-state index contributed by atoms with van der Waals surface area (Å²) in [7, 11) is 0. The van der Waals surface area contributed by atoms with E-state index in [-0.39, 0.29) is 19.1 Å². The number of rotatable bonds is 4. The molecular weight excluding hydrogens is 262 g/mol. The first-order valence-corrected chi connectivity index (χ1v) is 6.42. The Morgan fingerprint density at radius 2 is 2.10 bits per heavy atom. The lowest BCUT2D eigenvalue weighted by atomic mass is 10.2. The molecule has 0 radical (unpaired) electrons. The first kappa shape index (κ1) is 14.3. The van der Waals surface area contributed by atoms with E-state index in [0.29, 0.717) is 12.4 Å². The first-order valence-electron chi connectivity index (χ1n) is 6.42. The Hall–Kier alpha value is -2.08. The molecule has 0 spiro atoms. The molecule has 1 aliphatic rings. The van der Waals surface area contributed by atoms with Crippen LogP contribution in [0.3, 0.4) is 0 Å². The molecule has 1 N–H and O–H groups in total. The molecule has 1 aliphatic heterocycles. The van der Waals surface area contributed by atoms with Crippen LogP contribution in [-0.2, 0) is 14.3 Å². The van der Waals surface area contributed by atoms with Crippen molar-refractivity contribution >= 4 is 11.9 Å². The molecule has 2 rings (SSSR count). The highest BCUT2D eigenvalue weighted by Gasteiger charge is 2.35. The van der Waals surface area contributed by atoms with Crippen molar-refractivity contribution in [1.82, 2.24) is 4.90 Å². The van der Waals surface area contributed by atoms with Crippen molar-refractivity contribution in [3.63, 3.8) is 0 Å². The van der Waals surface area contributed by atoms with Crippen LogP contribution in [0, 0.1) is 0 Å². The van der Waals surface area contributed by atoms with Crippen LogP contribution in [0.15, 0.2) is 30.3 Å². The summed E-state index contributed by atoms with van der Waals surface area (Å²) in [4.78, 5) is 24.7. The van der Waals surface area contributed by atoms with Crippen LogP contribution in [0.4, 0.5) is 0 Å². The van der Waals surface area contributed by atoms with Crippen molar-refractivity contribution in [3.8, 4) is 5.75 Å². The number of carboxylic acids is 1. The normalized spacial score (nSPS) is 20.2. The van der Waals surface area contributed by atoms with Crippen molar-refractivity contribution < 1.29 is 24.2 Å². The number of hydrogen-bond donors (Lipinski definition) is 1. The molecule has 1 amide bonds. The zero-order chi connectivity index (χ0) is 14.5. The number of hydrogen-bond acceptors (Lipinski definition) is 4. The SMILES string of the molecule is CC(Oc1ccccc1)C(=O)N1CCOCC1C(=O)O. The van der Waals surface area contributed by atoms with Gasteiger partial charge in [0.15, 0.2) is 12.1 Å². The van der Waals surface area contributed by atoms with Crippen molar-refractivity contribution in [3.05, 3.63) is 30.3 Å². The monoisotopic (exact) mass is 279 g/mol. The average molecular weight is 279 g/mol. The Bertz CT molecular complexity index is 476. The molecule has 1 fully saturated rings. The molecule has 1 saturated heterocycles. The molecule has 0 aliphatic carbocycles. The van der Waals surface area contributed by atoms with Crippen LogP contribution in [0.2, 0.25) is 0 Å². The maximum atomic E-state index is 12.3. The fourth-order valence-electron chi connectivity index (χ4n) is 2.06. The van der Waals surface area contributed by atoms with Crippen LogP contribution >= 0.6 is 0 Å². The number of amides is 1. The van der Waals surface area contributed by atoms with Crippen molar-refractivity contribution in [2.75, 3.05) is 19.8 Å². The summed E-state index contributed by atoms with van der Waals surface area (Å²) in [6, 6.07) is 8.01. The zero-order valence-electron chi connectivity index (χ0n) is 11.2. The Morgan fingerprint density at radius 3 is 2.75 bits per heavy atom. The van der Waals surface area contributed by atoms with E-state index in [9.17, 15) is 9.59 Å². The molecule has 0 saturated carbocycles. The second-order valence-electron chi connectivity index (χ2n) is 4.53. The Kier molecular flexibility index (Phi) is 4.57. The summed E-state index contributed by atoms with van der Waals surface area (Å²) < 4.78 is 10.6. The van der Waals surface area contributed by atoms with Gasteiger partial charge in [0, 0.05) is 6.54 Å². The Morgan fingerprint density at radius 1 is 1.40 bits per heavy atom. The summed E-state index contributed by atoms with van der Waals surface area (Å²) in [5.74, 6) is -0.831. The standard InChI is InChI=1S/C14H17NO5/c1-10(20-11-5-3-2-4-6-11)13(16)15-7-8-19-9-12(15)14(17)18/h2-6,10,12H,7-9H2,1H3,(H,17,18). The smallest absolute Gasteiger partial charge is 0.328 e. The Labute approximate surface area is 116 Å². The lowest BCUT2D eigenvalue weighted by Crippen LogP contribution is -2.55. The first-order chi connectivity index (χ1) is 9.59. The van der Waals surface area contributed by atoms with Gasteiger partial charge in [-0.2, -0.15) is 0 Å². The van der Waals surface area contributed by atoms with Gasteiger partial charge in [-0.15, -0.1) is 0 Å². The third kappa shape index (κ3) is 3.27. The minimum atomic E-state index is -1.06. The van der Waals surface area contributed by atoms with Crippen molar-refractivity contribution in [1.29, 1.82) is 0 Å². The molecule has 0 bridgehead atoms. The molecule has 2 unspecified atom stereocenters. The second kappa shape index (κ2) is 6.38. The summed E-state index contributed by atoms with van der Waals surface area (Å²) in [6.45, 7) is 2.23. The van der Waals surface area contributed by atoms with Gasteiger partial charge in [-0.1, -0.05) is 18.2 Å². The third-order valence-corrected chi connectivity index (χ3v) is 3.10. The lowest BCUT2D eigenvalue weighted by molar-refractivity contribution is -0.161. The fourth-order valence-corrected chi connectivity index (χ4v) is 2.06. The molecule has 20 heavy (non-hydrogen) atoms. The number of carbonyl (C=O) groups excluding carboxylic acids is 1. The summed E-state index contributed by atoms with van der Waals surface area (Å²) in [6.07, 6.45) is -0.739. The highest BCUT2D eigenvalue weighted by Crippen LogP contribution is 2.15. The number of benzene rings is 1. The number of ether oxygens (including phenoxy) is 2.